The smallest absolute Gasteiger partial charge is 0.338 e. The molecule has 1 aliphatic rings. The second-order valence-electron chi connectivity index (χ2n) is 8.78. The minimum Gasteiger partial charge on any atom is -0.545 e. The second kappa shape index (κ2) is 10.1. The number of esters is 1. The molecule has 0 radical (unpaired) electrons. The molecule has 0 spiro atoms. The van der Waals surface area contributed by atoms with Crippen molar-refractivity contribution in [2.45, 2.75) is 26.8 Å². The fourth-order valence-electron chi connectivity index (χ4n) is 4.34. The maximum Gasteiger partial charge on any atom is 0.338 e. The lowest BCUT2D eigenvalue weighted by Gasteiger charge is -2.24. The van der Waals surface area contributed by atoms with Crippen LogP contribution in [-0.2, 0) is 9.53 Å². The number of aromatic carboxylic acids is 1. The highest BCUT2D eigenvalue weighted by atomic mass is 32.1. The van der Waals surface area contributed by atoms with Gasteiger partial charge >= 0.3 is 5.97 Å². The molecule has 1 aliphatic heterocycles. The lowest BCUT2D eigenvalue weighted by Crippen LogP contribution is -2.39. The van der Waals surface area contributed by atoms with Crippen molar-refractivity contribution < 1.29 is 23.8 Å². The van der Waals surface area contributed by atoms with Crippen LogP contribution in [0.2, 0.25) is 0 Å². The summed E-state index contributed by atoms with van der Waals surface area (Å²) in [6, 6.07) is 16.6. The topological polar surface area (TPSA) is 114 Å². The van der Waals surface area contributed by atoms with Crippen molar-refractivity contribution in [3.8, 4) is 11.3 Å². The maximum atomic E-state index is 13.7. The van der Waals surface area contributed by atoms with Gasteiger partial charge in [-0.15, -0.1) is 0 Å². The standard InChI is InChI=1S/C29H24N2O6S/c1-4-36-28(35)24-17(3)30-29-31(25(24)19-7-5-16(2)6-8-19)26(32)23(38-29)15-21-13-14-22(37-21)18-9-11-20(12-10-18)27(33)34/h5-15,25H,4H2,1-3H3,(H,33,34)/p-1/b23-15-/t25-/m1/s1. The number of benzene rings is 2. The van der Waals surface area contributed by atoms with Gasteiger partial charge in [0.15, 0.2) is 4.80 Å². The normalized spacial score (nSPS) is 15.2. The number of furan rings is 1. The molecule has 2 aromatic heterocycles. The first-order valence-electron chi connectivity index (χ1n) is 11.9. The Morgan fingerprint density at radius 1 is 1.08 bits per heavy atom. The molecule has 0 amide bonds. The molecule has 0 fully saturated rings. The first-order valence-corrected chi connectivity index (χ1v) is 12.8. The van der Waals surface area contributed by atoms with Gasteiger partial charge in [0, 0.05) is 11.6 Å². The number of hydrogen-bond donors (Lipinski definition) is 0. The monoisotopic (exact) mass is 527 g/mol. The molecular weight excluding hydrogens is 504 g/mol. The van der Waals surface area contributed by atoms with Crippen molar-refractivity contribution in [3.63, 3.8) is 0 Å². The number of aromatic nitrogens is 1. The predicted molar refractivity (Wildman–Crippen MR) is 140 cm³/mol. The van der Waals surface area contributed by atoms with E-state index in [9.17, 15) is 19.5 Å². The van der Waals surface area contributed by atoms with Crippen LogP contribution in [0, 0.1) is 6.92 Å². The molecular formula is C29H23N2O6S-. The molecule has 38 heavy (non-hydrogen) atoms. The molecule has 8 nitrogen and oxygen atoms in total. The number of carbonyl (C=O) groups is 2. The summed E-state index contributed by atoms with van der Waals surface area (Å²) in [6.45, 7) is 5.66. The van der Waals surface area contributed by atoms with Crippen molar-refractivity contribution in [2.75, 3.05) is 6.61 Å². The van der Waals surface area contributed by atoms with Gasteiger partial charge in [-0.25, -0.2) is 9.79 Å². The van der Waals surface area contributed by atoms with Crippen molar-refractivity contribution in [1.29, 1.82) is 0 Å². The maximum absolute atomic E-state index is 13.7. The summed E-state index contributed by atoms with van der Waals surface area (Å²) in [5.41, 5.74) is 3.12. The van der Waals surface area contributed by atoms with E-state index in [0.29, 0.717) is 37.7 Å². The Morgan fingerprint density at radius 3 is 2.45 bits per heavy atom. The molecule has 9 heteroatoms. The molecule has 0 aliphatic carbocycles. The highest BCUT2D eigenvalue weighted by Gasteiger charge is 2.33. The van der Waals surface area contributed by atoms with Gasteiger partial charge in [0.25, 0.3) is 5.56 Å². The van der Waals surface area contributed by atoms with Gasteiger partial charge in [-0.05, 0) is 44.0 Å². The van der Waals surface area contributed by atoms with Gasteiger partial charge in [0.05, 0.1) is 34.4 Å². The van der Waals surface area contributed by atoms with E-state index in [2.05, 4.69) is 4.99 Å². The van der Waals surface area contributed by atoms with Crippen LogP contribution in [0.15, 0.2) is 86.1 Å². The average Bonchev–Trinajstić information content (AvgIpc) is 3.48. The molecule has 0 N–H and O–H groups in total. The van der Waals surface area contributed by atoms with E-state index in [0.717, 1.165) is 11.1 Å². The lowest BCUT2D eigenvalue weighted by molar-refractivity contribution is -0.255. The molecule has 3 heterocycles. The summed E-state index contributed by atoms with van der Waals surface area (Å²) in [5.74, 6) is -0.791. The molecule has 0 saturated heterocycles. The van der Waals surface area contributed by atoms with Gasteiger partial charge in [0.2, 0.25) is 0 Å². The van der Waals surface area contributed by atoms with Crippen LogP contribution in [0.25, 0.3) is 17.4 Å². The fourth-order valence-corrected chi connectivity index (χ4v) is 5.37. The van der Waals surface area contributed by atoms with Gasteiger partial charge in [-0.1, -0.05) is 65.4 Å². The van der Waals surface area contributed by atoms with E-state index in [1.165, 1.54) is 28.0 Å². The summed E-state index contributed by atoms with van der Waals surface area (Å²) >= 11 is 1.21. The van der Waals surface area contributed by atoms with Crippen LogP contribution >= 0.6 is 11.3 Å². The minimum absolute atomic E-state index is 0.0715. The van der Waals surface area contributed by atoms with E-state index in [1.54, 1.807) is 44.2 Å². The number of fused-ring (bicyclic) bond motifs is 1. The molecule has 0 bridgehead atoms. The number of rotatable bonds is 6. The Hall–Kier alpha value is -4.50. The quantitative estimate of drug-likeness (QED) is 0.356. The van der Waals surface area contributed by atoms with Gasteiger partial charge < -0.3 is 19.1 Å². The van der Waals surface area contributed by atoms with Crippen LogP contribution in [0.3, 0.4) is 0 Å². The molecule has 0 saturated carbocycles. The summed E-state index contributed by atoms with van der Waals surface area (Å²) in [7, 11) is 0. The van der Waals surface area contributed by atoms with E-state index < -0.39 is 18.0 Å². The minimum atomic E-state index is -1.25. The average molecular weight is 528 g/mol. The van der Waals surface area contributed by atoms with E-state index >= 15 is 0 Å². The Morgan fingerprint density at radius 2 is 1.79 bits per heavy atom. The molecule has 5 rings (SSSR count). The van der Waals surface area contributed by atoms with Gasteiger partial charge in [-0.3, -0.25) is 9.36 Å². The van der Waals surface area contributed by atoms with E-state index in [1.807, 2.05) is 31.2 Å². The van der Waals surface area contributed by atoms with Crippen LogP contribution in [0.5, 0.6) is 0 Å². The summed E-state index contributed by atoms with van der Waals surface area (Å²) in [5, 5.41) is 11.0. The molecule has 2 aromatic carbocycles. The van der Waals surface area contributed by atoms with Crippen molar-refractivity contribution in [3.05, 3.63) is 114 Å². The largest absolute Gasteiger partial charge is 0.545 e. The Balaban J connectivity index is 1.59. The lowest BCUT2D eigenvalue weighted by atomic mass is 9.95. The molecule has 4 aromatic rings. The second-order valence-corrected chi connectivity index (χ2v) is 9.79. The number of aryl methyl sites for hydroxylation is 1. The summed E-state index contributed by atoms with van der Waals surface area (Å²) in [4.78, 5) is 42.7. The van der Waals surface area contributed by atoms with Crippen molar-refractivity contribution in [2.24, 2.45) is 4.99 Å². The van der Waals surface area contributed by atoms with E-state index in [4.69, 9.17) is 9.15 Å². The third kappa shape index (κ3) is 4.64. The Labute approximate surface area is 221 Å². The first kappa shape index (κ1) is 25.2. The fraction of sp³-hybridized carbons (Fsp3) is 0.172. The number of carbonyl (C=O) groups excluding carboxylic acids is 2. The van der Waals surface area contributed by atoms with Crippen molar-refractivity contribution >= 4 is 29.4 Å². The zero-order valence-corrected chi connectivity index (χ0v) is 21.7. The SMILES string of the molecule is CCOC(=O)C1=C(C)N=c2s/c(=C\c3ccc(-c4ccc(C(=O)[O-])cc4)o3)c(=O)n2[C@@H]1c1ccc(C)cc1. The molecule has 192 valence electrons. The summed E-state index contributed by atoms with van der Waals surface area (Å²) in [6.07, 6.45) is 1.64. The van der Waals surface area contributed by atoms with Crippen LogP contribution < -0.4 is 20.0 Å². The number of hydrogen-bond acceptors (Lipinski definition) is 8. The molecule has 1 atom stereocenters. The summed E-state index contributed by atoms with van der Waals surface area (Å²) < 4.78 is 13.2. The number of ether oxygens (including phenoxy) is 1. The number of carboxylic acid groups (broad SMARTS) is 1. The van der Waals surface area contributed by atoms with Gasteiger partial charge in [0.1, 0.15) is 11.5 Å². The van der Waals surface area contributed by atoms with Crippen LogP contribution in [-0.4, -0.2) is 23.1 Å². The van der Waals surface area contributed by atoms with Gasteiger partial charge in [-0.2, -0.15) is 0 Å². The number of nitrogens with zero attached hydrogens (tertiary/aromatic N) is 2. The van der Waals surface area contributed by atoms with Crippen molar-refractivity contribution in [1.82, 2.24) is 4.57 Å². The van der Waals surface area contributed by atoms with Crippen LogP contribution in [0.4, 0.5) is 0 Å². The highest BCUT2D eigenvalue weighted by Crippen LogP contribution is 2.31. The zero-order valence-electron chi connectivity index (χ0n) is 20.9. The first-order chi connectivity index (χ1) is 18.3. The zero-order chi connectivity index (χ0) is 27.0. The number of thiazole rings is 1. The number of allylic oxidation sites excluding steroid dienone is 1. The third-order valence-electron chi connectivity index (χ3n) is 6.22. The predicted octanol–water partition coefficient (Wildman–Crippen LogP) is 2.73. The Bertz CT molecular complexity index is 1750. The van der Waals surface area contributed by atoms with E-state index in [-0.39, 0.29) is 17.7 Å². The Kier molecular flexibility index (Phi) is 6.69. The third-order valence-corrected chi connectivity index (χ3v) is 7.20. The molecule has 0 unspecified atom stereocenters. The number of carboxylic acids is 1. The highest BCUT2D eigenvalue weighted by molar-refractivity contribution is 7.07. The van der Waals surface area contributed by atoms with Crippen LogP contribution in [0.1, 0.15) is 47.1 Å².